The maximum atomic E-state index is 12.7. The highest BCUT2D eigenvalue weighted by atomic mass is 35.5. The molecule has 4 heteroatoms. The van der Waals surface area contributed by atoms with Gasteiger partial charge in [-0.3, -0.25) is 4.79 Å². The van der Waals surface area contributed by atoms with E-state index >= 15 is 0 Å². The molecule has 0 spiro atoms. The molecule has 1 amide bonds. The number of amides is 1. The lowest BCUT2D eigenvalue weighted by atomic mass is 9.96. The van der Waals surface area contributed by atoms with Crippen LogP contribution in [-0.2, 0) is 0 Å². The molecule has 23 heavy (non-hydrogen) atoms. The van der Waals surface area contributed by atoms with E-state index in [4.69, 9.17) is 0 Å². The highest BCUT2D eigenvalue weighted by Gasteiger charge is 2.14. The summed E-state index contributed by atoms with van der Waals surface area (Å²) < 4.78 is 0. The van der Waals surface area contributed by atoms with Crippen molar-refractivity contribution in [1.82, 2.24) is 10.2 Å². The maximum Gasteiger partial charge on any atom is 0.252 e. The zero-order chi connectivity index (χ0) is 15.5. The van der Waals surface area contributed by atoms with E-state index in [1.165, 1.54) is 0 Å². The first kappa shape index (κ1) is 17.3. The molecule has 0 unspecified atom stereocenters. The lowest BCUT2D eigenvalue weighted by Gasteiger charge is -2.13. The summed E-state index contributed by atoms with van der Waals surface area (Å²) in [6.07, 6.45) is 0. The molecular formula is C19H21ClN2O. The minimum Gasteiger partial charge on any atom is -0.351 e. The SMILES string of the molecule is CN(C)CCNC(=O)c1c2ccccc2cc2ccccc12.Cl. The van der Waals surface area contributed by atoms with Gasteiger partial charge in [-0.05, 0) is 41.7 Å². The Labute approximate surface area is 142 Å². The summed E-state index contributed by atoms with van der Waals surface area (Å²) in [6, 6.07) is 18.3. The molecule has 0 fully saturated rings. The number of nitrogens with one attached hydrogen (secondary N) is 1. The van der Waals surface area contributed by atoms with Crippen LogP contribution in [0.5, 0.6) is 0 Å². The summed E-state index contributed by atoms with van der Waals surface area (Å²) in [5.41, 5.74) is 0.771. The Morgan fingerprint density at radius 3 is 2.00 bits per heavy atom. The topological polar surface area (TPSA) is 32.3 Å². The van der Waals surface area contributed by atoms with Crippen LogP contribution in [0, 0.1) is 0 Å². The number of likely N-dealkylation sites (N-methyl/N-ethyl adjacent to an activating group) is 1. The summed E-state index contributed by atoms with van der Waals surface area (Å²) in [7, 11) is 4.00. The van der Waals surface area contributed by atoms with Crippen LogP contribution in [0.25, 0.3) is 21.5 Å². The number of benzene rings is 3. The minimum absolute atomic E-state index is 0. The van der Waals surface area contributed by atoms with Gasteiger partial charge in [0.1, 0.15) is 0 Å². The van der Waals surface area contributed by atoms with Crippen LogP contribution in [0.15, 0.2) is 54.6 Å². The molecular weight excluding hydrogens is 308 g/mol. The lowest BCUT2D eigenvalue weighted by molar-refractivity contribution is 0.0954. The van der Waals surface area contributed by atoms with Crippen LogP contribution in [0.1, 0.15) is 10.4 Å². The monoisotopic (exact) mass is 328 g/mol. The van der Waals surface area contributed by atoms with Gasteiger partial charge in [0.2, 0.25) is 0 Å². The Bertz CT molecular complexity index is 776. The van der Waals surface area contributed by atoms with Gasteiger partial charge < -0.3 is 10.2 Å². The van der Waals surface area contributed by atoms with E-state index in [9.17, 15) is 4.79 Å². The van der Waals surface area contributed by atoms with Crippen LogP contribution in [-0.4, -0.2) is 38.0 Å². The molecule has 3 aromatic rings. The van der Waals surface area contributed by atoms with Crippen molar-refractivity contribution < 1.29 is 4.79 Å². The van der Waals surface area contributed by atoms with Gasteiger partial charge in [0.05, 0.1) is 5.56 Å². The summed E-state index contributed by atoms with van der Waals surface area (Å²) in [5, 5.41) is 7.23. The predicted octanol–water partition coefficient (Wildman–Crippen LogP) is 3.71. The third-order valence-electron chi connectivity index (χ3n) is 3.84. The van der Waals surface area contributed by atoms with Crippen LogP contribution < -0.4 is 5.32 Å². The number of rotatable bonds is 4. The average Bonchev–Trinajstić information content (AvgIpc) is 2.52. The van der Waals surface area contributed by atoms with Gasteiger partial charge in [-0.1, -0.05) is 48.5 Å². The smallest absolute Gasteiger partial charge is 0.252 e. The summed E-state index contributed by atoms with van der Waals surface area (Å²) in [5.74, 6) is -0.00477. The molecule has 0 atom stereocenters. The van der Waals surface area contributed by atoms with Crippen molar-refractivity contribution in [1.29, 1.82) is 0 Å². The summed E-state index contributed by atoms with van der Waals surface area (Å²) in [4.78, 5) is 14.8. The normalized spacial score (nSPS) is 10.7. The number of fused-ring (bicyclic) bond motifs is 2. The van der Waals surface area contributed by atoms with Gasteiger partial charge in [0, 0.05) is 13.1 Å². The van der Waals surface area contributed by atoms with Crippen molar-refractivity contribution in [3.63, 3.8) is 0 Å². The second-order valence-corrected chi connectivity index (χ2v) is 5.75. The molecule has 120 valence electrons. The second kappa shape index (κ2) is 7.44. The van der Waals surface area contributed by atoms with E-state index in [1.807, 2.05) is 50.5 Å². The highest BCUT2D eigenvalue weighted by Crippen LogP contribution is 2.28. The largest absolute Gasteiger partial charge is 0.351 e. The molecule has 0 saturated carbocycles. The van der Waals surface area contributed by atoms with Crippen molar-refractivity contribution in [3.8, 4) is 0 Å². The van der Waals surface area contributed by atoms with Crippen molar-refractivity contribution in [3.05, 3.63) is 60.2 Å². The van der Waals surface area contributed by atoms with Crippen LogP contribution in [0.4, 0.5) is 0 Å². The first-order chi connectivity index (χ1) is 10.7. The molecule has 3 nitrogen and oxygen atoms in total. The third-order valence-corrected chi connectivity index (χ3v) is 3.84. The van der Waals surface area contributed by atoms with E-state index in [0.29, 0.717) is 6.54 Å². The van der Waals surface area contributed by atoms with Crippen LogP contribution in [0.3, 0.4) is 0 Å². The fraction of sp³-hybridized carbons (Fsp3) is 0.211. The van der Waals surface area contributed by atoms with Crippen molar-refractivity contribution in [2.75, 3.05) is 27.2 Å². The second-order valence-electron chi connectivity index (χ2n) is 5.75. The molecule has 3 aromatic carbocycles. The summed E-state index contributed by atoms with van der Waals surface area (Å²) >= 11 is 0. The molecule has 0 aliphatic heterocycles. The zero-order valence-electron chi connectivity index (χ0n) is 13.4. The Balaban J connectivity index is 0.00000192. The highest BCUT2D eigenvalue weighted by molar-refractivity contribution is 6.18. The first-order valence-corrected chi connectivity index (χ1v) is 7.50. The Kier molecular flexibility index (Phi) is 5.59. The average molecular weight is 329 g/mol. The molecule has 1 N–H and O–H groups in total. The molecule has 0 aromatic heterocycles. The first-order valence-electron chi connectivity index (χ1n) is 7.50. The molecule has 0 saturated heterocycles. The van der Waals surface area contributed by atoms with E-state index in [2.05, 4.69) is 28.4 Å². The van der Waals surface area contributed by atoms with E-state index in [0.717, 1.165) is 33.7 Å². The number of carbonyl (C=O) groups excluding carboxylic acids is 1. The summed E-state index contributed by atoms with van der Waals surface area (Å²) in [6.45, 7) is 1.47. The molecule has 0 aliphatic carbocycles. The molecule has 0 aliphatic rings. The number of hydrogen-bond donors (Lipinski definition) is 1. The van der Waals surface area contributed by atoms with E-state index in [1.54, 1.807) is 0 Å². The zero-order valence-corrected chi connectivity index (χ0v) is 14.2. The predicted molar refractivity (Wildman–Crippen MR) is 99.6 cm³/mol. The third kappa shape index (κ3) is 3.63. The van der Waals surface area contributed by atoms with Crippen LogP contribution in [0.2, 0.25) is 0 Å². The van der Waals surface area contributed by atoms with Crippen LogP contribution >= 0.6 is 12.4 Å². The number of hydrogen-bond acceptors (Lipinski definition) is 2. The number of nitrogens with zero attached hydrogens (tertiary/aromatic N) is 1. The van der Waals surface area contributed by atoms with E-state index in [-0.39, 0.29) is 18.3 Å². The molecule has 0 bridgehead atoms. The van der Waals surface area contributed by atoms with Crippen molar-refractivity contribution >= 4 is 39.9 Å². The van der Waals surface area contributed by atoms with Gasteiger partial charge in [-0.25, -0.2) is 0 Å². The Morgan fingerprint density at radius 2 is 1.48 bits per heavy atom. The van der Waals surface area contributed by atoms with Gasteiger partial charge in [-0.2, -0.15) is 0 Å². The standard InChI is InChI=1S/C19H20N2O.ClH/c1-21(2)12-11-20-19(22)18-16-9-5-3-7-14(16)13-15-8-4-6-10-17(15)18;/h3-10,13H,11-12H2,1-2H3,(H,20,22);1H. The number of carbonyl (C=O) groups is 1. The van der Waals surface area contributed by atoms with Crippen molar-refractivity contribution in [2.24, 2.45) is 0 Å². The molecule has 0 radical (unpaired) electrons. The minimum atomic E-state index is -0.00477. The number of halogens is 1. The molecule has 3 rings (SSSR count). The quantitative estimate of drug-likeness (QED) is 0.740. The molecule has 0 heterocycles. The van der Waals surface area contributed by atoms with Crippen molar-refractivity contribution in [2.45, 2.75) is 0 Å². The Morgan fingerprint density at radius 1 is 0.957 bits per heavy atom. The fourth-order valence-electron chi connectivity index (χ4n) is 2.74. The lowest BCUT2D eigenvalue weighted by Crippen LogP contribution is -2.31. The van der Waals surface area contributed by atoms with Gasteiger partial charge in [0.15, 0.2) is 0 Å². The van der Waals surface area contributed by atoms with Gasteiger partial charge >= 0.3 is 0 Å². The Hall–Kier alpha value is -2.10. The van der Waals surface area contributed by atoms with Gasteiger partial charge in [-0.15, -0.1) is 12.4 Å². The van der Waals surface area contributed by atoms with Gasteiger partial charge in [0.25, 0.3) is 5.91 Å². The van der Waals surface area contributed by atoms with E-state index < -0.39 is 0 Å². The maximum absolute atomic E-state index is 12.7. The fourth-order valence-corrected chi connectivity index (χ4v) is 2.74.